The van der Waals surface area contributed by atoms with E-state index in [1.807, 2.05) is 0 Å². The van der Waals surface area contributed by atoms with E-state index in [-0.39, 0.29) is 5.75 Å². The van der Waals surface area contributed by atoms with Gasteiger partial charge < -0.3 is 9.63 Å². The largest absolute Gasteiger partial charge is 0.501 e. The van der Waals surface area contributed by atoms with Crippen molar-refractivity contribution < 1.29 is 9.63 Å². The van der Waals surface area contributed by atoms with Gasteiger partial charge in [-0.2, -0.15) is 0 Å². The predicted octanol–water partition coefficient (Wildman–Crippen LogP) is -0.327. The van der Waals surface area contributed by atoms with Crippen LogP contribution in [-0.4, -0.2) is 10.3 Å². The number of hydrogen-bond donors (Lipinski definition) is 2. The van der Waals surface area contributed by atoms with Crippen molar-refractivity contribution in [1.82, 2.24) is 5.16 Å². The Morgan fingerprint density at radius 2 is 2.57 bits per heavy atom. The maximum absolute atomic E-state index is 9.97. The molecule has 0 saturated carbocycles. The first kappa shape index (κ1) is 3.98. The lowest BCUT2D eigenvalue weighted by Gasteiger charge is -1.63. The molecule has 0 spiro atoms. The summed E-state index contributed by atoms with van der Waals surface area (Å²) >= 11 is 0. The number of aromatic hydroxyl groups is 1. The van der Waals surface area contributed by atoms with Gasteiger partial charge in [0, 0.05) is 0 Å². The van der Waals surface area contributed by atoms with Crippen LogP contribution in [0.2, 0.25) is 0 Å². The highest BCUT2D eigenvalue weighted by atomic mass is 16.5. The Kier molecular flexibility index (Phi) is 0.651. The molecule has 0 amide bonds. The van der Waals surface area contributed by atoms with Crippen molar-refractivity contribution >= 4 is 0 Å². The van der Waals surface area contributed by atoms with Gasteiger partial charge in [-0.05, 0) is 0 Å². The molecule has 1 heterocycles. The second-order valence-corrected chi connectivity index (χ2v) is 1.04. The molecule has 1 rings (SSSR count). The third kappa shape index (κ3) is 0.489. The van der Waals surface area contributed by atoms with Crippen molar-refractivity contribution in [2.75, 3.05) is 0 Å². The first-order chi connectivity index (χ1) is 3.30. The minimum atomic E-state index is -0.736. The Balaban J connectivity index is 3.39. The van der Waals surface area contributed by atoms with Crippen LogP contribution in [-0.2, 0) is 0 Å². The van der Waals surface area contributed by atoms with E-state index in [9.17, 15) is 4.79 Å². The summed E-state index contributed by atoms with van der Waals surface area (Å²) in [7, 11) is 0. The van der Waals surface area contributed by atoms with Crippen LogP contribution in [0.3, 0.4) is 0 Å². The fourth-order valence-corrected chi connectivity index (χ4v) is 0.250. The van der Waals surface area contributed by atoms with Gasteiger partial charge in [0.1, 0.15) is 0 Å². The van der Waals surface area contributed by atoms with Gasteiger partial charge >= 0.3 is 5.63 Å². The van der Waals surface area contributed by atoms with Crippen molar-refractivity contribution in [3.63, 3.8) is 0 Å². The van der Waals surface area contributed by atoms with Crippen molar-refractivity contribution in [2.45, 2.75) is 0 Å². The number of H-pyrrole nitrogens is 1. The summed E-state index contributed by atoms with van der Waals surface area (Å²) in [6, 6.07) is 0. The third-order valence-corrected chi connectivity index (χ3v) is 0.556. The van der Waals surface area contributed by atoms with E-state index in [1.165, 1.54) is 0 Å². The minimum absolute atomic E-state index is 0.389. The van der Waals surface area contributed by atoms with E-state index in [4.69, 9.17) is 5.11 Å². The molecule has 0 radical (unpaired) electrons. The van der Waals surface area contributed by atoms with Crippen LogP contribution < -0.4 is 5.63 Å². The van der Waals surface area contributed by atoms with E-state index in [2.05, 4.69) is 9.68 Å². The van der Waals surface area contributed by atoms with Gasteiger partial charge in [0.15, 0.2) is 0 Å². The third-order valence-electron chi connectivity index (χ3n) is 0.556. The fraction of sp³-hybridized carbons (Fsp3) is 0. The van der Waals surface area contributed by atoms with Gasteiger partial charge in [0.25, 0.3) is 0 Å². The average Bonchev–Trinajstić information content (AvgIpc) is 1.91. The van der Waals surface area contributed by atoms with Crippen LogP contribution >= 0.6 is 0 Å². The molecule has 0 aromatic carbocycles. The van der Waals surface area contributed by atoms with Crippen LogP contribution in [0.5, 0.6) is 5.75 Å². The van der Waals surface area contributed by atoms with Crippen molar-refractivity contribution in [3.05, 3.63) is 16.6 Å². The predicted molar refractivity (Wildman–Crippen MR) is 21.0 cm³/mol. The van der Waals surface area contributed by atoms with Gasteiger partial charge in [-0.25, -0.2) is 9.95 Å². The summed E-state index contributed by atoms with van der Waals surface area (Å²) in [4.78, 5) is 9.97. The number of nitrogens with one attached hydrogen (secondary N) is 1. The van der Waals surface area contributed by atoms with E-state index in [0.29, 0.717) is 0 Å². The molecule has 0 bridgehead atoms. The molecule has 38 valence electrons. The molecular formula is C3H3NO3. The van der Waals surface area contributed by atoms with E-state index in [1.54, 1.807) is 0 Å². The minimum Gasteiger partial charge on any atom is -0.501 e. The number of hydrogen-bond acceptors (Lipinski definition) is 3. The molecule has 4 nitrogen and oxygen atoms in total. The van der Waals surface area contributed by atoms with Crippen molar-refractivity contribution in [1.29, 1.82) is 0 Å². The second kappa shape index (κ2) is 1.14. The molecule has 4 heteroatoms. The molecule has 7 heavy (non-hydrogen) atoms. The molecule has 0 atom stereocenters. The molecule has 0 fully saturated rings. The maximum Gasteiger partial charge on any atom is 0.399 e. The fourth-order valence-electron chi connectivity index (χ4n) is 0.250. The number of aromatic amines is 1. The summed E-state index contributed by atoms with van der Waals surface area (Å²) in [6.07, 6.45) is 1.07. The van der Waals surface area contributed by atoms with Gasteiger partial charge in [0.05, 0.1) is 6.20 Å². The summed E-state index contributed by atoms with van der Waals surface area (Å²) in [6.45, 7) is 0. The molecule has 0 unspecified atom stereocenters. The van der Waals surface area contributed by atoms with Crippen LogP contribution in [0, 0.1) is 0 Å². The first-order valence-electron chi connectivity index (χ1n) is 1.66. The Morgan fingerprint density at radius 1 is 1.86 bits per heavy atom. The summed E-state index contributed by atoms with van der Waals surface area (Å²) < 4.78 is 4.03. The topological polar surface area (TPSA) is 66.2 Å². The highest BCUT2D eigenvalue weighted by molar-refractivity contribution is 5.04. The molecular weight excluding hydrogens is 98.0 g/mol. The van der Waals surface area contributed by atoms with Crippen molar-refractivity contribution in [3.8, 4) is 5.75 Å². The van der Waals surface area contributed by atoms with Crippen molar-refractivity contribution in [2.24, 2.45) is 0 Å². The molecule has 2 N–H and O–H groups in total. The van der Waals surface area contributed by atoms with E-state index in [0.717, 1.165) is 6.20 Å². The van der Waals surface area contributed by atoms with Gasteiger partial charge in [0.2, 0.25) is 5.75 Å². The molecule has 1 aromatic heterocycles. The Hall–Kier alpha value is -1.19. The molecule has 0 aliphatic heterocycles. The normalized spacial score (nSPS) is 9.14. The Morgan fingerprint density at radius 3 is 2.71 bits per heavy atom. The summed E-state index contributed by atoms with van der Waals surface area (Å²) in [5.41, 5.74) is -0.736. The van der Waals surface area contributed by atoms with E-state index < -0.39 is 5.63 Å². The second-order valence-electron chi connectivity index (χ2n) is 1.04. The monoisotopic (exact) mass is 101 g/mol. The van der Waals surface area contributed by atoms with Gasteiger partial charge in [-0.3, -0.25) is 0 Å². The van der Waals surface area contributed by atoms with Crippen LogP contribution in [0.15, 0.2) is 15.5 Å². The summed E-state index contributed by atoms with van der Waals surface area (Å²) in [5.74, 6) is -0.389. The maximum atomic E-state index is 9.97. The Labute approximate surface area is 38.4 Å². The SMILES string of the molecule is O=c1o[nH]cc1O. The van der Waals surface area contributed by atoms with Gasteiger partial charge in [-0.1, -0.05) is 0 Å². The molecule has 0 aliphatic carbocycles. The highest BCUT2D eigenvalue weighted by Gasteiger charge is 1.93. The van der Waals surface area contributed by atoms with Crippen LogP contribution in [0.1, 0.15) is 0 Å². The zero-order chi connectivity index (χ0) is 5.28. The number of rotatable bonds is 0. The molecule has 1 aromatic rings. The lowest BCUT2D eigenvalue weighted by molar-refractivity contribution is 0.377. The number of aromatic nitrogens is 1. The summed E-state index contributed by atoms with van der Waals surface area (Å²) in [5, 5.41) is 10.4. The standard InChI is InChI=1S/C3H3NO3/c5-2-1-4-7-3(2)6/h1,4-5H. The zero-order valence-electron chi connectivity index (χ0n) is 3.34. The first-order valence-corrected chi connectivity index (χ1v) is 1.66. The Bertz CT molecular complexity index is 198. The lowest BCUT2D eigenvalue weighted by atomic mass is 10.7. The van der Waals surface area contributed by atoms with Gasteiger partial charge in [-0.15, -0.1) is 0 Å². The molecule has 0 saturated heterocycles. The lowest BCUT2D eigenvalue weighted by Crippen LogP contribution is -1.87. The average molecular weight is 101 g/mol. The quantitative estimate of drug-likeness (QED) is 0.470. The highest BCUT2D eigenvalue weighted by Crippen LogP contribution is 1.91. The van der Waals surface area contributed by atoms with E-state index >= 15 is 0 Å². The van der Waals surface area contributed by atoms with Crippen LogP contribution in [0.25, 0.3) is 0 Å². The smallest absolute Gasteiger partial charge is 0.399 e. The van der Waals surface area contributed by atoms with Crippen LogP contribution in [0.4, 0.5) is 0 Å². The zero-order valence-corrected chi connectivity index (χ0v) is 3.34. The molecule has 0 aliphatic rings.